The van der Waals surface area contributed by atoms with Crippen molar-refractivity contribution >= 4 is 0 Å². The molecule has 5 rings (SSSR count). The Labute approximate surface area is 258 Å². The van der Waals surface area contributed by atoms with Crippen molar-refractivity contribution in [1.29, 1.82) is 0 Å². The Balaban J connectivity index is 1.37. The molecule has 5 aromatic rings. The van der Waals surface area contributed by atoms with Crippen LogP contribution >= 0.6 is 0 Å². The van der Waals surface area contributed by atoms with Gasteiger partial charge in [0.15, 0.2) is 17.5 Å². The third-order valence-corrected chi connectivity index (χ3v) is 7.26. The van der Waals surface area contributed by atoms with Gasteiger partial charge in [-0.15, -0.1) is 6.58 Å². The van der Waals surface area contributed by atoms with E-state index >= 15 is 8.78 Å². The minimum atomic E-state index is -4.80. The summed E-state index contributed by atoms with van der Waals surface area (Å²) in [4.78, 5) is 0. The first-order chi connectivity index (χ1) is 21.9. The molecule has 0 saturated carbocycles. The molecule has 1 nitrogen and oxygen atoms in total. The minimum absolute atomic E-state index is 0.0495. The van der Waals surface area contributed by atoms with Gasteiger partial charge in [-0.05, 0) is 71.3 Å². The zero-order valence-corrected chi connectivity index (χ0v) is 23.8. The summed E-state index contributed by atoms with van der Waals surface area (Å²) in [5, 5.41) is 0. The van der Waals surface area contributed by atoms with Crippen molar-refractivity contribution < 1.29 is 44.3 Å². The van der Waals surface area contributed by atoms with Gasteiger partial charge in [0.25, 0.3) is 0 Å². The van der Waals surface area contributed by atoms with Gasteiger partial charge < -0.3 is 4.74 Å². The monoisotopic (exact) mass is 642 g/mol. The summed E-state index contributed by atoms with van der Waals surface area (Å²) >= 11 is 0. The fourth-order valence-corrected chi connectivity index (χ4v) is 4.96. The lowest BCUT2D eigenvalue weighted by molar-refractivity contribution is -0.189. The lowest BCUT2D eigenvalue weighted by Gasteiger charge is -2.20. The fourth-order valence-electron chi connectivity index (χ4n) is 4.96. The average molecular weight is 643 g/mol. The highest BCUT2D eigenvalue weighted by atomic mass is 19.3. The van der Waals surface area contributed by atoms with Crippen molar-refractivity contribution in [1.82, 2.24) is 0 Å². The van der Waals surface area contributed by atoms with E-state index in [1.807, 2.05) is 30.3 Å². The summed E-state index contributed by atoms with van der Waals surface area (Å²) in [5.41, 5.74) is -0.118. The molecule has 236 valence electrons. The Kier molecular flexibility index (Phi) is 9.27. The van der Waals surface area contributed by atoms with Crippen molar-refractivity contribution in [2.24, 2.45) is 0 Å². The molecule has 0 aliphatic heterocycles. The van der Waals surface area contributed by atoms with E-state index in [4.69, 9.17) is 0 Å². The number of aryl methyl sites for hydroxylation is 1. The number of rotatable bonds is 10. The summed E-state index contributed by atoms with van der Waals surface area (Å²) in [5.74, 6) is -12.3. The highest BCUT2D eigenvalue weighted by molar-refractivity contribution is 5.74. The molecule has 0 spiro atoms. The molecular formula is C36H23F9O. The highest BCUT2D eigenvalue weighted by Crippen LogP contribution is 2.39. The first-order valence-corrected chi connectivity index (χ1v) is 13.9. The SMILES string of the molecule is C=CCCCc1ccc(-c2ccc(-c3ccc(-c4cc(F)c(C(F)(F)Oc5cc(F)c(F)c(F)c5)c(F)c4)c(F)c3)c(F)c2)cc1. The summed E-state index contributed by atoms with van der Waals surface area (Å²) in [6.45, 7) is 3.70. The van der Waals surface area contributed by atoms with Crippen molar-refractivity contribution in [3.8, 4) is 39.1 Å². The molecule has 0 N–H and O–H groups in total. The molecule has 0 aromatic heterocycles. The van der Waals surface area contributed by atoms with Crippen LogP contribution in [0.5, 0.6) is 5.75 Å². The molecule has 46 heavy (non-hydrogen) atoms. The lowest BCUT2D eigenvalue weighted by Crippen LogP contribution is -2.25. The Morgan fingerprint density at radius 1 is 0.565 bits per heavy atom. The van der Waals surface area contributed by atoms with Gasteiger partial charge in [-0.25, -0.2) is 30.7 Å². The molecule has 10 heteroatoms. The van der Waals surface area contributed by atoms with E-state index in [1.54, 1.807) is 6.07 Å². The van der Waals surface area contributed by atoms with E-state index in [0.717, 1.165) is 42.5 Å². The third kappa shape index (κ3) is 6.80. The fraction of sp³-hybridized carbons (Fsp3) is 0.111. The van der Waals surface area contributed by atoms with Gasteiger partial charge >= 0.3 is 6.11 Å². The molecule has 0 bridgehead atoms. The number of unbranched alkanes of at least 4 members (excludes halogenated alkanes) is 1. The number of alkyl halides is 2. The highest BCUT2D eigenvalue weighted by Gasteiger charge is 2.41. The number of ether oxygens (including phenoxy) is 1. The molecule has 0 saturated heterocycles. The topological polar surface area (TPSA) is 9.23 Å². The quantitative estimate of drug-likeness (QED) is 0.0638. The summed E-state index contributed by atoms with van der Waals surface area (Å²) in [6.07, 6.45) is -0.200. The third-order valence-electron chi connectivity index (χ3n) is 7.26. The molecule has 0 radical (unpaired) electrons. The number of benzene rings is 5. The first-order valence-electron chi connectivity index (χ1n) is 13.9. The molecule has 0 unspecified atom stereocenters. The van der Waals surface area contributed by atoms with E-state index in [9.17, 15) is 30.7 Å². The Bertz CT molecular complexity index is 1870. The van der Waals surface area contributed by atoms with Crippen molar-refractivity contribution in [3.63, 3.8) is 0 Å². The predicted octanol–water partition coefficient (Wildman–Crippen LogP) is 11.3. The van der Waals surface area contributed by atoms with Crippen LogP contribution < -0.4 is 4.74 Å². The Morgan fingerprint density at radius 3 is 1.63 bits per heavy atom. The van der Waals surface area contributed by atoms with E-state index in [-0.39, 0.29) is 28.8 Å². The van der Waals surface area contributed by atoms with Crippen LogP contribution in [0, 0.1) is 40.7 Å². The van der Waals surface area contributed by atoms with Crippen LogP contribution in [0.3, 0.4) is 0 Å². The number of halogens is 9. The van der Waals surface area contributed by atoms with Crippen LogP contribution in [0.4, 0.5) is 39.5 Å². The minimum Gasteiger partial charge on any atom is -0.429 e. The Hall–Kier alpha value is -4.99. The second-order valence-corrected chi connectivity index (χ2v) is 10.4. The molecule has 0 aliphatic carbocycles. The predicted molar refractivity (Wildman–Crippen MR) is 157 cm³/mol. The van der Waals surface area contributed by atoms with Gasteiger partial charge in [-0.1, -0.05) is 54.6 Å². The maximum absolute atomic E-state index is 15.2. The van der Waals surface area contributed by atoms with Gasteiger partial charge in [-0.2, -0.15) is 8.78 Å². The van der Waals surface area contributed by atoms with Gasteiger partial charge in [0.1, 0.15) is 34.6 Å². The maximum atomic E-state index is 15.2. The summed E-state index contributed by atoms with van der Waals surface area (Å²) in [7, 11) is 0. The molecular weight excluding hydrogens is 619 g/mol. The van der Waals surface area contributed by atoms with E-state index < -0.39 is 63.7 Å². The van der Waals surface area contributed by atoms with Gasteiger partial charge in [0.2, 0.25) is 0 Å². The van der Waals surface area contributed by atoms with Crippen LogP contribution in [0.2, 0.25) is 0 Å². The maximum Gasteiger partial charge on any atom is 0.432 e. The molecule has 0 atom stereocenters. The number of hydrogen-bond acceptors (Lipinski definition) is 1. The average Bonchev–Trinajstić information content (AvgIpc) is 2.99. The van der Waals surface area contributed by atoms with Crippen molar-refractivity contribution in [2.75, 3.05) is 0 Å². The summed E-state index contributed by atoms with van der Waals surface area (Å²) in [6, 6.07) is 16.4. The second-order valence-electron chi connectivity index (χ2n) is 10.4. The van der Waals surface area contributed by atoms with Gasteiger partial charge in [-0.3, -0.25) is 0 Å². The Morgan fingerprint density at radius 2 is 1.07 bits per heavy atom. The van der Waals surface area contributed by atoms with E-state index in [2.05, 4.69) is 11.3 Å². The van der Waals surface area contributed by atoms with Crippen LogP contribution in [0.1, 0.15) is 24.0 Å². The van der Waals surface area contributed by atoms with Crippen LogP contribution in [0.15, 0.2) is 97.6 Å². The largest absolute Gasteiger partial charge is 0.432 e. The van der Waals surface area contributed by atoms with Crippen LogP contribution in [-0.2, 0) is 12.5 Å². The van der Waals surface area contributed by atoms with Crippen LogP contribution in [0.25, 0.3) is 33.4 Å². The summed E-state index contributed by atoms with van der Waals surface area (Å²) < 4.78 is 133. The molecule has 5 aromatic carbocycles. The van der Waals surface area contributed by atoms with Crippen molar-refractivity contribution in [2.45, 2.75) is 25.4 Å². The molecule has 0 amide bonds. The number of hydrogen-bond donors (Lipinski definition) is 0. The smallest absolute Gasteiger partial charge is 0.429 e. The first kappa shape index (κ1) is 32.4. The van der Waals surface area contributed by atoms with E-state index in [1.165, 1.54) is 18.2 Å². The van der Waals surface area contributed by atoms with Gasteiger partial charge in [0.05, 0.1) is 0 Å². The van der Waals surface area contributed by atoms with Crippen molar-refractivity contribution in [3.05, 3.63) is 149 Å². The van der Waals surface area contributed by atoms with Crippen LogP contribution in [-0.4, -0.2) is 0 Å². The second kappa shape index (κ2) is 13.2. The zero-order valence-electron chi connectivity index (χ0n) is 23.8. The lowest BCUT2D eigenvalue weighted by atomic mass is 9.96. The van der Waals surface area contributed by atoms with E-state index in [0.29, 0.717) is 17.7 Å². The normalized spacial score (nSPS) is 11.5. The zero-order chi connectivity index (χ0) is 33.2. The molecule has 0 heterocycles. The molecule has 0 fully saturated rings. The standard InChI is InChI=1S/C36H23F9O/c1-2-3-4-5-20-6-8-21(9-7-20)22-10-12-26(28(37)14-22)23-11-13-27(29(38)15-23)24-16-30(39)34(31(40)17-24)36(44,45)46-25-18-32(41)35(43)33(42)19-25/h2,6-19H,1,3-5H2. The van der Waals surface area contributed by atoms with Gasteiger partial charge in [0, 0.05) is 23.3 Å². The number of allylic oxidation sites excluding steroid dienone is 1. The molecule has 0 aliphatic rings.